The van der Waals surface area contributed by atoms with Gasteiger partial charge in [0.2, 0.25) is 0 Å². The first-order valence-corrected chi connectivity index (χ1v) is 9.90. The number of halogens is 2. The molecule has 2 unspecified atom stereocenters. The Balaban J connectivity index is 1.93. The number of Topliss-reactive ketones (excluding diaryl/α,β-unsaturated/α-hetero) is 1. The lowest BCUT2D eigenvalue weighted by Crippen LogP contribution is -2.25. The van der Waals surface area contributed by atoms with Gasteiger partial charge in [-0.05, 0) is 41.8 Å². The second-order valence-electron chi connectivity index (χ2n) is 6.16. The highest BCUT2D eigenvalue weighted by Crippen LogP contribution is 2.30. The summed E-state index contributed by atoms with van der Waals surface area (Å²) in [7, 11) is 0. The minimum Gasteiger partial charge on any atom is -0.388 e. The van der Waals surface area contributed by atoms with E-state index in [1.807, 2.05) is 66.7 Å². The average Bonchev–Trinajstić information content (AvgIpc) is 2.67. The average molecular weight is 474 g/mol. The fourth-order valence-electron chi connectivity index (χ4n) is 2.94. The van der Waals surface area contributed by atoms with Crippen molar-refractivity contribution < 1.29 is 9.90 Å². The summed E-state index contributed by atoms with van der Waals surface area (Å²) in [6.07, 6.45) is -0.396. The molecule has 26 heavy (non-hydrogen) atoms. The van der Waals surface area contributed by atoms with Gasteiger partial charge in [0.05, 0.1) is 12.0 Å². The molecule has 2 nitrogen and oxygen atoms in total. The lowest BCUT2D eigenvalue weighted by molar-refractivity contribution is 0.0676. The molecule has 3 rings (SSSR count). The second-order valence-corrected chi connectivity index (χ2v) is 8.00. The summed E-state index contributed by atoms with van der Waals surface area (Å²) in [6.45, 7) is 0. The first kappa shape index (κ1) is 19.0. The van der Waals surface area contributed by atoms with Crippen molar-refractivity contribution in [1.82, 2.24) is 0 Å². The quantitative estimate of drug-likeness (QED) is 0.446. The summed E-state index contributed by atoms with van der Waals surface area (Å²) < 4.78 is 1.86. The number of carbonyl (C=O) groups is 1. The van der Waals surface area contributed by atoms with Crippen LogP contribution in [0.1, 0.15) is 27.6 Å². The normalized spacial score (nSPS) is 13.2. The van der Waals surface area contributed by atoms with Crippen molar-refractivity contribution in [3.05, 3.63) is 104 Å². The van der Waals surface area contributed by atoms with E-state index in [0.717, 1.165) is 20.1 Å². The van der Waals surface area contributed by atoms with Gasteiger partial charge < -0.3 is 5.11 Å². The number of ketones is 1. The summed E-state index contributed by atoms with van der Waals surface area (Å²) in [6, 6.07) is 24.5. The molecule has 0 heterocycles. The van der Waals surface area contributed by atoms with Crippen LogP contribution in [0.15, 0.2) is 87.8 Å². The van der Waals surface area contributed by atoms with Gasteiger partial charge >= 0.3 is 0 Å². The van der Waals surface area contributed by atoms with Crippen molar-refractivity contribution in [3.63, 3.8) is 0 Å². The minimum absolute atomic E-state index is 0.0585. The Morgan fingerprint density at radius 2 is 1.35 bits per heavy atom. The summed E-state index contributed by atoms with van der Waals surface area (Å²) in [5, 5.41) is 11.0. The van der Waals surface area contributed by atoms with Crippen LogP contribution in [0.4, 0.5) is 0 Å². The number of benzene rings is 3. The van der Waals surface area contributed by atoms with E-state index < -0.39 is 12.0 Å². The van der Waals surface area contributed by atoms with E-state index >= 15 is 0 Å². The Bertz CT molecular complexity index is 859. The summed E-state index contributed by atoms with van der Waals surface area (Å²) in [5.74, 6) is -0.614. The van der Waals surface area contributed by atoms with E-state index in [2.05, 4.69) is 31.9 Å². The van der Waals surface area contributed by atoms with Crippen LogP contribution < -0.4 is 0 Å². The second kappa shape index (κ2) is 8.76. The third kappa shape index (κ3) is 4.70. The molecule has 0 spiro atoms. The minimum atomic E-state index is -0.876. The smallest absolute Gasteiger partial charge is 0.169 e. The topological polar surface area (TPSA) is 37.3 Å². The molecule has 0 aromatic heterocycles. The maximum Gasteiger partial charge on any atom is 0.169 e. The van der Waals surface area contributed by atoms with Gasteiger partial charge in [-0.2, -0.15) is 0 Å². The van der Waals surface area contributed by atoms with Gasteiger partial charge in [-0.3, -0.25) is 4.79 Å². The van der Waals surface area contributed by atoms with Gasteiger partial charge in [-0.25, -0.2) is 0 Å². The molecule has 0 bridgehead atoms. The van der Waals surface area contributed by atoms with Gasteiger partial charge in [0.1, 0.15) is 0 Å². The lowest BCUT2D eigenvalue weighted by Gasteiger charge is -2.23. The highest BCUT2D eigenvalue weighted by molar-refractivity contribution is 9.10. The Morgan fingerprint density at radius 1 is 0.808 bits per heavy atom. The Hall–Kier alpha value is -1.75. The Morgan fingerprint density at radius 3 is 1.92 bits per heavy atom. The zero-order valence-electron chi connectivity index (χ0n) is 14.0. The zero-order chi connectivity index (χ0) is 18.5. The molecule has 0 aliphatic carbocycles. The third-order valence-electron chi connectivity index (χ3n) is 4.36. The SMILES string of the molecule is O=C(c1ccc(Br)cc1)C(Cc1ccccc1)C(O)c1ccc(Br)cc1. The third-order valence-corrected chi connectivity index (χ3v) is 5.41. The molecule has 1 N–H and O–H groups in total. The number of aliphatic hydroxyl groups is 1. The molecule has 132 valence electrons. The van der Waals surface area contributed by atoms with Crippen molar-refractivity contribution in [1.29, 1.82) is 0 Å². The van der Waals surface area contributed by atoms with Crippen LogP contribution in [-0.4, -0.2) is 10.9 Å². The summed E-state index contributed by atoms with van der Waals surface area (Å²) >= 11 is 6.80. The van der Waals surface area contributed by atoms with E-state index in [9.17, 15) is 9.90 Å². The van der Waals surface area contributed by atoms with Gasteiger partial charge in [-0.15, -0.1) is 0 Å². The fraction of sp³-hybridized carbons (Fsp3) is 0.136. The highest BCUT2D eigenvalue weighted by Gasteiger charge is 2.29. The van der Waals surface area contributed by atoms with Crippen LogP contribution in [-0.2, 0) is 6.42 Å². The van der Waals surface area contributed by atoms with Crippen molar-refractivity contribution in [2.75, 3.05) is 0 Å². The van der Waals surface area contributed by atoms with Gasteiger partial charge in [0.25, 0.3) is 0 Å². The molecular weight excluding hydrogens is 456 g/mol. The van der Waals surface area contributed by atoms with Crippen molar-refractivity contribution >= 4 is 37.6 Å². The standard InChI is InChI=1S/C22H18Br2O2/c23-18-10-6-16(7-11-18)21(25)20(14-15-4-2-1-3-5-15)22(26)17-8-12-19(24)13-9-17/h1-13,20-21,25H,14H2. The molecule has 2 atom stereocenters. The van der Waals surface area contributed by atoms with Crippen LogP contribution >= 0.6 is 31.9 Å². The molecular formula is C22H18Br2O2. The molecule has 0 aliphatic heterocycles. The number of rotatable bonds is 6. The zero-order valence-corrected chi connectivity index (χ0v) is 17.2. The lowest BCUT2D eigenvalue weighted by atomic mass is 9.84. The van der Waals surface area contributed by atoms with Crippen LogP contribution in [0.2, 0.25) is 0 Å². The predicted octanol–water partition coefficient (Wildman–Crippen LogP) is 5.99. The highest BCUT2D eigenvalue weighted by atomic mass is 79.9. The van der Waals surface area contributed by atoms with Crippen LogP contribution in [0, 0.1) is 5.92 Å². The monoisotopic (exact) mass is 472 g/mol. The van der Waals surface area contributed by atoms with E-state index in [0.29, 0.717) is 12.0 Å². The molecule has 0 saturated carbocycles. The Kier molecular flexibility index (Phi) is 6.41. The number of hydrogen-bond acceptors (Lipinski definition) is 2. The van der Waals surface area contributed by atoms with Gasteiger partial charge in [0.15, 0.2) is 5.78 Å². The van der Waals surface area contributed by atoms with E-state index in [-0.39, 0.29) is 5.78 Å². The van der Waals surface area contributed by atoms with E-state index in [4.69, 9.17) is 0 Å². The number of carbonyl (C=O) groups excluding carboxylic acids is 1. The van der Waals surface area contributed by atoms with E-state index in [1.54, 1.807) is 12.1 Å². The van der Waals surface area contributed by atoms with Crippen LogP contribution in [0.5, 0.6) is 0 Å². The molecule has 4 heteroatoms. The van der Waals surface area contributed by atoms with Gasteiger partial charge in [-0.1, -0.05) is 86.5 Å². The van der Waals surface area contributed by atoms with E-state index in [1.165, 1.54) is 0 Å². The maximum atomic E-state index is 13.2. The molecule has 0 aliphatic rings. The molecule has 0 amide bonds. The summed E-state index contributed by atoms with van der Waals surface area (Å²) in [4.78, 5) is 13.2. The molecule has 3 aromatic carbocycles. The van der Waals surface area contributed by atoms with Crippen LogP contribution in [0.25, 0.3) is 0 Å². The fourth-order valence-corrected chi connectivity index (χ4v) is 3.46. The summed E-state index contributed by atoms with van der Waals surface area (Å²) in [5.41, 5.74) is 2.36. The predicted molar refractivity (Wildman–Crippen MR) is 111 cm³/mol. The largest absolute Gasteiger partial charge is 0.388 e. The molecule has 0 radical (unpaired) electrons. The van der Waals surface area contributed by atoms with Crippen LogP contribution in [0.3, 0.4) is 0 Å². The molecule has 0 saturated heterocycles. The Labute approximate surface area is 170 Å². The van der Waals surface area contributed by atoms with Crippen molar-refractivity contribution in [2.45, 2.75) is 12.5 Å². The first-order valence-electron chi connectivity index (χ1n) is 8.32. The van der Waals surface area contributed by atoms with Crippen molar-refractivity contribution in [2.24, 2.45) is 5.92 Å². The maximum absolute atomic E-state index is 13.2. The molecule has 3 aromatic rings. The first-order chi connectivity index (χ1) is 12.5. The number of aliphatic hydroxyl groups excluding tert-OH is 1. The van der Waals surface area contributed by atoms with Crippen molar-refractivity contribution in [3.8, 4) is 0 Å². The number of hydrogen-bond donors (Lipinski definition) is 1. The molecule has 0 fully saturated rings. The van der Waals surface area contributed by atoms with Gasteiger partial charge in [0, 0.05) is 14.5 Å².